The van der Waals surface area contributed by atoms with Crippen LogP contribution in [0.1, 0.15) is 40.5 Å². The van der Waals surface area contributed by atoms with Gasteiger partial charge in [-0.15, -0.1) is 24.0 Å². The van der Waals surface area contributed by atoms with Crippen molar-refractivity contribution >= 4 is 5.49 Å². The standard InChI is InChI=1S/2C12H17.C2H6Si.2ClH.Hf/c2*1-9(2)12-7-10-5-3-4-6-11(10)8-12;1-3-2;;;/h2*3-7,9-12H,8H2,1-2H3;1-2H3;2*1H;/q2*-1;;;;+2/p-2. The molecule has 0 nitrogen and oxygen atoms in total. The predicted molar refractivity (Wildman–Crippen MR) is 122 cm³/mol. The van der Waals surface area contributed by atoms with E-state index in [9.17, 15) is 0 Å². The molecule has 6 unspecified atom stereocenters. The van der Waals surface area contributed by atoms with Gasteiger partial charge >= 0.3 is 41.6 Å². The van der Waals surface area contributed by atoms with Crippen LogP contribution in [0.4, 0.5) is 0 Å². The Morgan fingerprint density at radius 2 is 1.00 bits per heavy atom. The zero-order chi connectivity index (χ0) is 20.7. The molecule has 0 radical (unpaired) electrons. The van der Waals surface area contributed by atoms with Gasteiger partial charge < -0.3 is 37.7 Å². The summed E-state index contributed by atoms with van der Waals surface area (Å²) in [6.07, 6.45) is 26.0. The summed E-state index contributed by atoms with van der Waals surface area (Å²) in [6, 6.07) is 0. The van der Waals surface area contributed by atoms with Gasteiger partial charge in [0.1, 0.15) is 0 Å². The van der Waals surface area contributed by atoms with E-state index in [1.165, 1.54) is 35.8 Å². The molecular formula is C26H40Cl2HfSi-2. The number of rotatable bonds is 2. The van der Waals surface area contributed by atoms with E-state index in [-0.39, 0.29) is 30.3 Å². The topological polar surface area (TPSA) is 0 Å². The van der Waals surface area contributed by atoms with Crippen molar-refractivity contribution in [3.8, 4) is 0 Å². The van der Waals surface area contributed by atoms with E-state index in [0.29, 0.717) is 0 Å². The second-order valence-corrected chi connectivity index (χ2v) is 22.5. The third-order valence-electron chi connectivity index (χ3n) is 6.33. The van der Waals surface area contributed by atoms with Crippen LogP contribution in [0.25, 0.3) is 0 Å². The molecule has 0 heterocycles. The third kappa shape index (κ3) is 10.1. The van der Waals surface area contributed by atoms with Crippen LogP contribution < -0.4 is 24.8 Å². The van der Waals surface area contributed by atoms with Crippen LogP contribution in [0.3, 0.4) is 0 Å². The smallest absolute Gasteiger partial charge is 1.00 e. The Kier molecular flexibility index (Phi) is 15.8. The first-order valence-electron chi connectivity index (χ1n) is 11.2. The van der Waals surface area contributed by atoms with Crippen molar-refractivity contribution in [2.45, 2.75) is 53.6 Å². The minimum atomic E-state index is 0. The molecule has 2 saturated carbocycles. The maximum absolute atomic E-state index is 2.54. The maximum Gasteiger partial charge on any atom is -1.00 e. The average Bonchev–Trinajstić information content (AvgIpc) is 3.26. The molecule has 4 aliphatic rings. The Labute approximate surface area is 214 Å². The predicted octanol–water partition coefficient (Wildman–Crippen LogP) is 1.24. The normalized spacial score (nSPS) is 32.2. The van der Waals surface area contributed by atoms with Gasteiger partial charge in [0.2, 0.25) is 0 Å². The van der Waals surface area contributed by atoms with Crippen LogP contribution in [0.5, 0.6) is 0 Å². The van der Waals surface area contributed by atoms with Gasteiger partial charge in [-0.05, 0) is 11.8 Å². The van der Waals surface area contributed by atoms with Gasteiger partial charge in [-0.2, -0.15) is 11.8 Å². The molecule has 0 bridgehead atoms. The van der Waals surface area contributed by atoms with Gasteiger partial charge in [0.05, 0.1) is 0 Å². The fourth-order valence-corrected chi connectivity index (χ4v) is 4.57. The maximum atomic E-state index is 2.54. The molecule has 0 aromatic heterocycles. The van der Waals surface area contributed by atoms with Crippen molar-refractivity contribution < 1.29 is 47.8 Å². The number of hydrogen-bond donors (Lipinski definition) is 0. The van der Waals surface area contributed by atoms with Crippen molar-refractivity contribution in [3.05, 3.63) is 61.4 Å². The second kappa shape index (κ2) is 15.5. The quantitative estimate of drug-likeness (QED) is 0.319. The minimum absolute atomic E-state index is 0. The molecule has 0 spiro atoms. The third-order valence-corrected chi connectivity index (χ3v) is 6.33. The zero-order valence-electron chi connectivity index (χ0n) is 19.6. The van der Waals surface area contributed by atoms with Crippen LogP contribution in [0, 0.1) is 60.2 Å². The molecule has 6 atom stereocenters. The molecule has 4 aliphatic carbocycles. The molecule has 30 heavy (non-hydrogen) atoms. The Bertz CT molecular complexity index is 529. The molecule has 4 heteroatoms. The fraction of sp³-hybridized carbons (Fsp3) is 0.615. The van der Waals surface area contributed by atoms with E-state index in [1.807, 2.05) is 0 Å². The van der Waals surface area contributed by atoms with Crippen LogP contribution >= 0.6 is 0 Å². The van der Waals surface area contributed by atoms with Crippen molar-refractivity contribution in [3.63, 3.8) is 0 Å². The van der Waals surface area contributed by atoms with E-state index >= 15 is 0 Å². The molecule has 4 rings (SSSR count). The SMILES string of the molecule is CC(C)C1[CH-]C2C=CC=CC2C1.CC(C)C1[CH-]C2C=CC=CC2C1.C[Si](C)=[Hf+2].[Cl-].[Cl-]. The second-order valence-electron chi connectivity index (χ2n) is 9.69. The van der Waals surface area contributed by atoms with Crippen LogP contribution in [0.2, 0.25) is 13.1 Å². The largest absolute Gasteiger partial charge is 1.00 e. The first-order valence-corrected chi connectivity index (χ1v) is 19.1. The van der Waals surface area contributed by atoms with E-state index in [0.717, 1.165) is 47.3 Å². The summed E-state index contributed by atoms with van der Waals surface area (Å²) in [5.74, 6) is 6.41. The van der Waals surface area contributed by atoms with Gasteiger partial charge in [-0.3, -0.25) is 0 Å². The summed E-state index contributed by atoms with van der Waals surface area (Å²) in [7, 11) is 0. The molecule has 0 saturated heterocycles. The molecule has 0 aliphatic heterocycles. The summed E-state index contributed by atoms with van der Waals surface area (Å²) in [6.45, 7) is 14.0. The average molecular weight is 630 g/mol. The molecule has 0 N–H and O–H groups in total. The van der Waals surface area contributed by atoms with Crippen molar-refractivity contribution in [2.75, 3.05) is 0 Å². The van der Waals surface area contributed by atoms with Gasteiger partial charge in [0, 0.05) is 0 Å². The Balaban J connectivity index is 0.000000452. The Hall–Kier alpha value is 0.627. The van der Waals surface area contributed by atoms with E-state index in [2.05, 4.69) is 102 Å². The Morgan fingerprint density at radius 1 is 0.700 bits per heavy atom. The van der Waals surface area contributed by atoms with E-state index in [1.54, 1.807) is 0 Å². The molecule has 0 aromatic rings. The Morgan fingerprint density at radius 3 is 1.27 bits per heavy atom. The minimum Gasteiger partial charge on any atom is -1.00 e. The van der Waals surface area contributed by atoms with Crippen LogP contribution in [-0.2, 0) is 23.0 Å². The van der Waals surface area contributed by atoms with Crippen molar-refractivity contribution in [1.29, 1.82) is 0 Å². The number of halogens is 2. The summed E-state index contributed by atoms with van der Waals surface area (Å²) in [5.41, 5.74) is 0.259. The molecule has 2 fully saturated rings. The summed E-state index contributed by atoms with van der Waals surface area (Å²) in [5, 5.41) is 0. The summed E-state index contributed by atoms with van der Waals surface area (Å²) >= 11 is 1.45. The molecular weight excluding hydrogens is 590 g/mol. The number of fused-ring (bicyclic) bond motifs is 2. The van der Waals surface area contributed by atoms with E-state index < -0.39 is 0 Å². The number of allylic oxidation sites excluding steroid dienone is 8. The molecule has 168 valence electrons. The van der Waals surface area contributed by atoms with Crippen LogP contribution in [-0.4, -0.2) is 5.49 Å². The molecule has 0 amide bonds. The van der Waals surface area contributed by atoms with Gasteiger partial charge in [0.25, 0.3) is 0 Å². The van der Waals surface area contributed by atoms with Gasteiger partial charge in [0.15, 0.2) is 0 Å². The van der Waals surface area contributed by atoms with Crippen molar-refractivity contribution in [1.82, 2.24) is 0 Å². The fourth-order valence-electron chi connectivity index (χ4n) is 4.57. The zero-order valence-corrected chi connectivity index (χ0v) is 25.7. The monoisotopic (exact) mass is 630 g/mol. The van der Waals surface area contributed by atoms with Gasteiger partial charge in [-0.1, -0.05) is 88.8 Å². The van der Waals surface area contributed by atoms with Crippen LogP contribution in [0.15, 0.2) is 48.6 Å². The van der Waals surface area contributed by atoms with Crippen molar-refractivity contribution in [2.24, 2.45) is 47.3 Å². The summed E-state index contributed by atoms with van der Waals surface area (Å²) in [4.78, 5) is 0. The first kappa shape index (κ1) is 30.6. The number of hydrogen-bond acceptors (Lipinski definition) is 0. The van der Waals surface area contributed by atoms with Gasteiger partial charge in [-0.25, -0.2) is 0 Å². The molecule has 0 aromatic carbocycles. The van der Waals surface area contributed by atoms with E-state index in [4.69, 9.17) is 0 Å². The first-order chi connectivity index (χ1) is 13.3. The summed E-state index contributed by atoms with van der Waals surface area (Å²) < 4.78 is 0.